The molecule has 1 unspecified atom stereocenters. The molecule has 150 valence electrons. The van der Waals surface area contributed by atoms with E-state index in [4.69, 9.17) is 4.52 Å². The molecule has 2 N–H and O–H groups in total. The molecule has 2 aliphatic rings. The predicted octanol–water partition coefficient (Wildman–Crippen LogP) is 2.13. The highest BCUT2D eigenvalue weighted by Gasteiger charge is 2.21. The van der Waals surface area contributed by atoms with Crippen molar-refractivity contribution in [3.05, 3.63) is 35.7 Å². The third-order valence-corrected chi connectivity index (χ3v) is 5.52. The molecule has 2 aliphatic heterocycles. The van der Waals surface area contributed by atoms with Gasteiger partial charge in [-0.25, -0.2) is 0 Å². The Morgan fingerprint density at radius 2 is 2.14 bits per heavy atom. The van der Waals surface area contributed by atoms with Crippen molar-refractivity contribution in [1.29, 1.82) is 0 Å². The van der Waals surface area contributed by atoms with Gasteiger partial charge in [-0.2, -0.15) is 4.98 Å². The Bertz CT molecular complexity index is 779. The summed E-state index contributed by atoms with van der Waals surface area (Å²) in [6, 6.07) is 8.32. The van der Waals surface area contributed by atoms with Crippen LogP contribution in [0.1, 0.15) is 43.6 Å². The van der Waals surface area contributed by atoms with E-state index < -0.39 is 0 Å². The minimum atomic E-state index is -0.0547. The van der Waals surface area contributed by atoms with Gasteiger partial charge in [0.2, 0.25) is 17.6 Å². The molecule has 28 heavy (non-hydrogen) atoms. The lowest BCUT2D eigenvalue weighted by molar-refractivity contribution is -0.122. The van der Waals surface area contributed by atoms with Crippen LogP contribution in [0.15, 0.2) is 28.8 Å². The number of nitrogens with one attached hydrogen (secondary N) is 2. The highest BCUT2D eigenvalue weighted by atomic mass is 16.5. The molecule has 0 bridgehead atoms. The number of nitrogens with zero attached hydrogens (tertiary/aromatic N) is 3. The number of amides is 1. The molecule has 0 radical (unpaired) electrons. The molecule has 2 fully saturated rings. The SMILES string of the molecule is O=C(NCCc1nc(-c2cccc(CN3CCCCC3)c2)no1)C1CCCN1. The summed E-state index contributed by atoms with van der Waals surface area (Å²) in [4.78, 5) is 19.0. The van der Waals surface area contributed by atoms with E-state index in [0.29, 0.717) is 24.7 Å². The highest BCUT2D eigenvalue weighted by Crippen LogP contribution is 2.20. The second-order valence-electron chi connectivity index (χ2n) is 7.74. The lowest BCUT2D eigenvalue weighted by atomic mass is 10.1. The Labute approximate surface area is 165 Å². The van der Waals surface area contributed by atoms with Crippen LogP contribution in [0.2, 0.25) is 0 Å². The third-order valence-electron chi connectivity index (χ3n) is 5.52. The first-order valence-corrected chi connectivity index (χ1v) is 10.4. The summed E-state index contributed by atoms with van der Waals surface area (Å²) in [6.07, 6.45) is 6.44. The monoisotopic (exact) mass is 383 g/mol. The minimum Gasteiger partial charge on any atom is -0.354 e. The van der Waals surface area contributed by atoms with Crippen LogP contribution in [-0.2, 0) is 17.8 Å². The second-order valence-corrected chi connectivity index (χ2v) is 7.74. The van der Waals surface area contributed by atoms with Crippen molar-refractivity contribution in [2.45, 2.75) is 51.1 Å². The average molecular weight is 383 g/mol. The van der Waals surface area contributed by atoms with Crippen LogP contribution in [0.25, 0.3) is 11.4 Å². The number of hydrogen-bond donors (Lipinski definition) is 2. The van der Waals surface area contributed by atoms with Gasteiger partial charge in [0.1, 0.15) is 0 Å². The van der Waals surface area contributed by atoms with Gasteiger partial charge in [0.25, 0.3) is 0 Å². The molecular formula is C21H29N5O2. The van der Waals surface area contributed by atoms with Crippen molar-refractivity contribution in [2.24, 2.45) is 0 Å². The van der Waals surface area contributed by atoms with Crippen molar-refractivity contribution in [2.75, 3.05) is 26.2 Å². The van der Waals surface area contributed by atoms with Gasteiger partial charge in [-0.3, -0.25) is 9.69 Å². The largest absolute Gasteiger partial charge is 0.354 e. The third kappa shape index (κ3) is 4.97. The van der Waals surface area contributed by atoms with Crippen LogP contribution in [0, 0.1) is 0 Å². The summed E-state index contributed by atoms with van der Waals surface area (Å²) >= 11 is 0. The van der Waals surface area contributed by atoms with Crippen molar-refractivity contribution < 1.29 is 9.32 Å². The minimum absolute atomic E-state index is 0.0547. The number of rotatable bonds is 7. The van der Waals surface area contributed by atoms with E-state index in [0.717, 1.165) is 31.5 Å². The summed E-state index contributed by atoms with van der Waals surface area (Å²) in [5, 5.41) is 10.3. The molecule has 3 heterocycles. The van der Waals surface area contributed by atoms with Gasteiger partial charge in [-0.15, -0.1) is 0 Å². The first-order valence-electron chi connectivity index (χ1n) is 10.4. The van der Waals surface area contributed by atoms with Gasteiger partial charge in [0, 0.05) is 25.1 Å². The zero-order chi connectivity index (χ0) is 19.2. The summed E-state index contributed by atoms with van der Waals surface area (Å²) in [6.45, 7) is 4.76. The van der Waals surface area contributed by atoms with Crippen LogP contribution in [0.5, 0.6) is 0 Å². The van der Waals surface area contributed by atoms with E-state index in [-0.39, 0.29) is 11.9 Å². The van der Waals surface area contributed by atoms with Gasteiger partial charge in [-0.1, -0.05) is 29.8 Å². The van der Waals surface area contributed by atoms with Gasteiger partial charge in [0.15, 0.2) is 0 Å². The lowest BCUT2D eigenvalue weighted by Gasteiger charge is -2.26. The predicted molar refractivity (Wildman–Crippen MR) is 107 cm³/mol. The Hall–Kier alpha value is -2.25. The zero-order valence-corrected chi connectivity index (χ0v) is 16.3. The fraction of sp³-hybridized carbons (Fsp3) is 0.571. The number of likely N-dealkylation sites (tertiary alicyclic amines) is 1. The number of aromatic nitrogens is 2. The topological polar surface area (TPSA) is 83.3 Å². The van der Waals surface area contributed by atoms with Crippen LogP contribution in [0.4, 0.5) is 0 Å². The zero-order valence-electron chi connectivity index (χ0n) is 16.3. The molecule has 2 saturated heterocycles. The van der Waals surface area contributed by atoms with Gasteiger partial charge in [0.05, 0.1) is 6.04 Å². The number of hydrogen-bond acceptors (Lipinski definition) is 6. The number of carbonyl (C=O) groups is 1. The van der Waals surface area contributed by atoms with Gasteiger partial charge < -0.3 is 15.2 Å². The standard InChI is InChI=1S/C21H29N5O2/c27-21(18-8-5-10-22-18)23-11-9-19-24-20(25-28-19)17-7-4-6-16(14-17)15-26-12-2-1-3-13-26/h4,6-7,14,18,22H,1-3,5,8-13,15H2,(H,23,27). The maximum absolute atomic E-state index is 12.0. The van der Waals surface area contributed by atoms with Crippen LogP contribution in [-0.4, -0.2) is 53.2 Å². The maximum Gasteiger partial charge on any atom is 0.237 e. The normalized spacial score (nSPS) is 20.4. The van der Waals surface area contributed by atoms with E-state index in [1.54, 1.807) is 0 Å². The smallest absolute Gasteiger partial charge is 0.237 e. The van der Waals surface area contributed by atoms with Gasteiger partial charge >= 0.3 is 0 Å². The molecule has 7 heteroatoms. The van der Waals surface area contributed by atoms with E-state index in [2.05, 4.69) is 43.9 Å². The Balaban J connectivity index is 1.30. The fourth-order valence-corrected chi connectivity index (χ4v) is 3.98. The van der Waals surface area contributed by atoms with Crippen molar-refractivity contribution in [3.63, 3.8) is 0 Å². The molecule has 7 nitrogen and oxygen atoms in total. The number of carbonyl (C=O) groups excluding carboxylic acids is 1. The lowest BCUT2D eigenvalue weighted by Crippen LogP contribution is -2.41. The Morgan fingerprint density at radius 3 is 2.96 bits per heavy atom. The molecule has 0 saturated carbocycles. The summed E-state index contributed by atoms with van der Waals surface area (Å²) in [5.74, 6) is 1.22. The molecule has 2 aromatic rings. The van der Waals surface area contributed by atoms with Crippen molar-refractivity contribution in [3.8, 4) is 11.4 Å². The van der Waals surface area contributed by atoms with E-state index in [1.165, 1.54) is 37.9 Å². The summed E-state index contributed by atoms with van der Waals surface area (Å²) in [7, 11) is 0. The molecule has 4 rings (SSSR count). The molecule has 0 spiro atoms. The second kappa shape index (κ2) is 9.30. The number of piperidine rings is 1. The van der Waals surface area contributed by atoms with Crippen molar-refractivity contribution in [1.82, 2.24) is 25.7 Å². The Morgan fingerprint density at radius 1 is 1.25 bits per heavy atom. The number of benzene rings is 1. The average Bonchev–Trinajstić information content (AvgIpc) is 3.41. The Kier molecular flexibility index (Phi) is 6.34. The first-order chi connectivity index (χ1) is 13.8. The van der Waals surface area contributed by atoms with E-state index in [1.807, 2.05) is 6.07 Å². The van der Waals surface area contributed by atoms with Crippen molar-refractivity contribution >= 4 is 5.91 Å². The summed E-state index contributed by atoms with van der Waals surface area (Å²) < 4.78 is 5.38. The molecule has 1 atom stereocenters. The highest BCUT2D eigenvalue weighted by molar-refractivity contribution is 5.81. The molecule has 1 aromatic carbocycles. The quantitative estimate of drug-likeness (QED) is 0.762. The van der Waals surface area contributed by atoms with E-state index >= 15 is 0 Å². The van der Waals surface area contributed by atoms with Crippen LogP contribution in [0.3, 0.4) is 0 Å². The van der Waals surface area contributed by atoms with Crippen LogP contribution < -0.4 is 10.6 Å². The summed E-state index contributed by atoms with van der Waals surface area (Å²) in [5.41, 5.74) is 2.26. The maximum atomic E-state index is 12.0. The molecular weight excluding hydrogens is 354 g/mol. The van der Waals surface area contributed by atoms with E-state index in [9.17, 15) is 4.79 Å². The molecule has 1 amide bonds. The molecule has 0 aliphatic carbocycles. The van der Waals surface area contributed by atoms with Gasteiger partial charge in [-0.05, 0) is 56.9 Å². The van der Waals surface area contributed by atoms with Crippen LogP contribution >= 0.6 is 0 Å². The fourth-order valence-electron chi connectivity index (χ4n) is 3.98. The molecule has 1 aromatic heterocycles. The first kappa shape index (κ1) is 19.1.